The molecule has 1 aliphatic heterocycles. The van der Waals surface area contributed by atoms with Crippen molar-refractivity contribution in [2.75, 3.05) is 13.1 Å². The molecule has 0 aliphatic carbocycles. The van der Waals surface area contributed by atoms with E-state index in [0.29, 0.717) is 6.61 Å². The standard InChI is InChI=1S/C26H27N3O2/c30-26(28-23-15-17-29(19-23)18-22-6-2-1-3-7-22)14-11-21-9-12-25(13-10-21)31-20-24-8-4-5-16-27-24/h1-14,16,23H,15,17-20H2,(H,28,30). The van der Waals surface area contributed by atoms with Crippen LogP contribution >= 0.6 is 0 Å². The Morgan fingerprint density at radius 1 is 1.06 bits per heavy atom. The lowest BCUT2D eigenvalue weighted by molar-refractivity contribution is -0.117. The second kappa shape index (κ2) is 10.5. The minimum atomic E-state index is -0.0537. The highest BCUT2D eigenvalue weighted by atomic mass is 16.5. The molecule has 3 aromatic rings. The van der Waals surface area contributed by atoms with Gasteiger partial charge in [-0.25, -0.2) is 0 Å². The van der Waals surface area contributed by atoms with Crippen LogP contribution in [0.4, 0.5) is 0 Å². The van der Waals surface area contributed by atoms with Crippen LogP contribution in [0.15, 0.2) is 85.1 Å². The third-order valence-corrected chi connectivity index (χ3v) is 5.29. The van der Waals surface area contributed by atoms with Crippen LogP contribution in [0.25, 0.3) is 6.08 Å². The molecule has 1 aliphatic rings. The molecule has 5 heteroatoms. The van der Waals surface area contributed by atoms with Crippen LogP contribution in [-0.2, 0) is 17.9 Å². The summed E-state index contributed by atoms with van der Waals surface area (Å²) in [6.45, 7) is 3.25. The van der Waals surface area contributed by atoms with Gasteiger partial charge in [0.25, 0.3) is 0 Å². The number of likely N-dealkylation sites (tertiary alicyclic amines) is 1. The van der Waals surface area contributed by atoms with Gasteiger partial charge in [-0.05, 0) is 47.9 Å². The van der Waals surface area contributed by atoms with Crippen molar-refractivity contribution in [3.05, 3.63) is 102 Å². The maximum absolute atomic E-state index is 12.3. The molecule has 0 spiro atoms. The summed E-state index contributed by atoms with van der Waals surface area (Å²) in [6, 6.07) is 24.1. The first-order valence-electron chi connectivity index (χ1n) is 10.6. The van der Waals surface area contributed by atoms with E-state index in [1.807, 2.05) is 54.6 Å². The number of hydrogen-bond acceptors (Lipinski definition) is 4. The number of ether oxygens (including phenoxy) is 1. The summed E-state index contributed by atoms with van der Waals surface area (Å²) in [7, 11) is 0. The Bertz CT molecular complexity index is 988. The molecular formula is C26H27N3O2. The second-order valence-corrected chi connectivity index (χ2v) is 7.73. The molecule has 2 aromatic carbocycles. The lowest BCUT2D eigenvalue weighted by Crippen LogP contribution is -2.35. The van der Waals surface area contributed by atoms with E-state index in [9.17, 15) is 4.79 Å². The molecule has 31 heavy (non-hydrogen) atoms. The SMILES string of the molecule is O=C(C=Cc1ccc(OCc2ccccn2)cc1)NC1CCN(Cc2ccccc2)C1. The van der Waals surface area contributed by atoms with Gasteiger partial charge in [-0.1, -0.05) is 48.5 Å². The molecule has 1 saturated heterocycles. The number of benzene rings is 2. The van der Waals surface area contributed by atoms with E-state index in [1.165, 1.54) is 5.56 Å². The lowest BCUT2D eigenvalue weighted by Gasteiger charge is -2.16. The molecule has 1 N–H and O–H groups in total. The van der Waals surface area contributed by atoms with E-state index in [2.05, 4.69) is 39.5 Å². The summed E-state index contributed by atoms with van der Waals surface area (Å²) >= 11 is 0. The Labute approximate surface area is 183 Å². The average molecular weight is 414 g/mol. The van der Waals surface area contributed by atoms with Gasteiger partial charge >= 0.3 is 0 Å². The van der Waals surface area contributed by atoms with Crippen molar-refractivity contribution in [2.24, 2.45) is 0 Å². The van der Waals surface area contributed by atoms with E-state index >= 15 is 0 Å². The zero-order valence-corrected chi connectivity index (χ0v) is 17.5. The van der Waals surface area contributed by atoms with Crippen molar-refractivity contribution in [2.45, 2.75) is 25.6 Å². The molecule has 0 bridgehead atoms. The normalized spacial score (nSPS) is 16.5. The smallest absolute Gasteiger partial charge is 0.244 e. The molecule has 1 aromatic heterocycles. The fraction of sp³-hybridized carbons (Fsp3) is 0.231. The Morgan fingerprint density at radius 2 is 1.87 bits per heavy atom. The summed E-state index contributed by atoms with van der Waals surface area (Å²) in [6.07, 6.45) is 6.16. The third-order valence-electron chi connectivity index (χ3n) is 5.29. The Morgan fingerprint density at radius 3 is 2.65 bits per heavy atom. The number of carbonyl (C=O) groups is 1. The molecule has 158 valence electrons. The second-order valence-electron chi connectivity index (χ2n) is 7.73. The molecule has 1 fully saturated rings. The van der Waals surface area contributed by atoms with Crippen molar-refractivity contribution in [1.82, 2.24) is 15.2 Å². The maximum Gasteiger partial charge on any atom is 0.244 e. The van der Waals surface area contributed by atoms with Gasteiger partial charge in [-0.3, -0.25) is 14.7 Å². The first-order chi connectivity index (χ1) is 15.2. The predicted molar refractivity (Wildman–Crippen MR) is 122 cm³/mol. The molecule has 1 atom stereocenters. The molecule has 0 saturated carbocycles. The van der Waals surface area contributed by atoms with E-state index < -0.39 is 0 Å². The highest BCUT2D eigenvalue weighted by Crippen LogP contribution is 2.15. The van der Waals surface area contributed by atoms with Gasteiger partial charge in [-0.15, -0.1) is 0 Å². The molecule has 1 amide bonds. The van der Waals surface area contributed by atoms with Gasteiger partial charge < -0.3 is 10.1 Å². The first-order valence-corrected chi connectivity index (χ1v) is 10.6. The Hall–Kier alpha value is -3.44. The molecule has 5 nitrogen and oxygen atoms in total. The van der Waals surface area contributed by atoms with Crippen LogP contribution in [0.3, 0.4) is 0 Å². The molecule has 1 unspecified atom stereocenters. The van der Waals surface area contributed by atoms with Crippen molar-refractivity contribution in [3.8, 4) is 5.75 Å². The van der Waals surface area contributed by atoms with E-state index in [-0.39, 0.29) is 11.9 Å². The van der Waals surface area contributed by atoms with E-state index in [4.69, 9.17) is 4.74 Å². The van der Waals surface area contributed by atoms with Gasteiger partial charge in [0.2, 0.25) is 5.91 Å². The van der Waals surface area contributed by atoms with Crippen molar-refractivity contribution in [1.29, 1.82) is 0 Å². The monoisotopic (exact) mass is 413 g/mol. The van der Waals surface area contributed by atoms with Gasteiger partial charge in [0.05, 0.1) is 5.69 Å². The number of nitrogens with zero attached hydrogens (tertiary/aromatic N) is 2. The fourth-order valence-corrected chi connectivity index (χ4v) is 3.67. The molecule has 4 rings (SSSR count). The summed E-state index contributed by atoms with van der Waals surface area (Å²) in [5.74, 6) is 0.721. The Balaban J connectivity index is 1.21. The highest BCUT2D eigenvalue weighted by molar-refractivity contribution is 5.91. The van der Waals surface area contributed by atoms with Gasteiger partial charge in [0.15, 0.2) is 0 Å². The number of carbonyl (C=O) groups excluding carboxylic acids is 1. The van der Waals surface area contributed by atoms with Crippen LogP contribution in [-0.4, -0.2) is 34.9 Å². The zero-order valence-electron chi connectivity index (χ0n) is 17.5. The van der Waals surface area contributed by atoms with Gasteiger partial charge in [0, 0.05) is 37.9 Å². The third kappa shape index (κ3) is 6.52. The number of aromatic nitrogens is 1. The van der Waals surface area contributed by atoms with Crippen LogP contribution in [0.2, 0.25) is 0 Å². The van der Waals surface area contributed by atoms with Crippen LogP contribution in [0, 0.1) is 0 Å². The first kappa shape index (κ1) is 20.8. The summed E-state index contributed by atoms with van der Waals surface area (Å²) in [5, 5.41) is 3.12. The molecule has 0 radical (unpaired) electrons. The van der Waals surface area contributed by atoms with Crippen LogP contribution in [0.1, 0.15) is 23.2 Å². The summed E-state index contributed by atoms with van der Waals surface area (Å²) in [5.41, 5.74) is 3.15. The number of hydrogen-bond donors (Lipinski definition) is 1. The fourth-order valence-electron chi connectivity index (χ4n) is 3.67. The largest absolute Gasteiger partial charge is 0.487 e. The highest BCUT2D eigenvalue weighted by Gasteiger charge is 2.23. The predicted octanol–water partition coefficient (Wildman–Crippen LogP) is 4.06. The van der Waals surface area contributed by atoms with E-state index in [1.54, 1.807) is 12.3 Å². The lowest BCUT2D eigenvalue weighted by atomic mass is 10.2. The summed E-state index contributed by atoms with van der Waals surface area (Å²) in [4.78, 5) is 18.9. The molecular weight excluding hydrogens is 386 g/mol. The quantitative estimate of drug-likeness (QED) is 0.566. The minimum Gasteiger partial charge on any atom is -0.487 e. The number of amides is 1. The Kier molecular flexibility index (Phi) is 7.08. The van der Waals surface area contributed by atoms with Crippen molar-refractivity contribution in [3.63, 3.8) is 0 Å². The molecule has 2 heterocycles. The summed E-state index contributed by atoms with van der Waals surface area (Å²) < 4.78 is 5.74. The number of nitrogens with one attached hydrogen (secondary N) is 1. The van der Waals surface area contributed by atoms with Crippen molar-refractivity contribution < 1.29 is 9.53 Å². The zero-order chi connectivity index (χ0) is 21.3. The number of rotatable bonds is 8. The van der Waals surface area contributed by atoms with E-state index in [0.717, 1.165) is 43.1 Å². The topological polar surface area (TPSA) is 54.5 Å². The number of pyridine rings is 1. The van der Waals surface area contributed by atoms with Crippen molar-refractivity contribution >= 4 is 12.0 Å². The van der Waals surface area contributed by atoms with Crippen LogP contribution < -0.4 is 10.1 Å². The minimum absolute atomic E-state index is 0.0537. The van der Waals surface area contributed by atoms with Gasteiger partial charge in [0.1, 0.15) is 12.4 Å². The van der Waals surface area contributed by atoms with Crippen LogP contribution in [0.5, 0.6) is 5.75 Å². The van der Waals surface area contributed by atoms with Gasteiger partial charge in [-0.2, -0.15) is 0 Å². The maximum atomic E-state index is 12.3. The average Bonchev–Trinajstić information content (AvgIpc) is 3.25.